The third kappa shape index (κ3) is 4.95. The second-order valence-electron chi connectivity index (χ2n) is 3.77. The van der Waals surface area contributed by atoms with Gasteiger partial charge in [-0.25, -0.2) is 4.39 Å². The van der Waals surface area contributed by atoms with Gasteiger partial charge in [0.1, 0.15) is 5.82 Å². The molecule has 4 heteroatoms. The predicted octanol–water partition coefficient (Wildman–Crippen LogP) is 2.51. The lowest BCUT2D eigenvalue weighted by atomic mass is 9.92. The summed E-state index contributed by atoms with van der Waals surface area (Å²) in [6.07, 6.45) is 2.12. The van der Waals surface area contributed by atoms with Gasteiger partial charge in [-0.3, -0.25) is 4.79 Å². The van der Waals surface area contributed by atoms with E-state index in [4.69, 9.17) is 9.53 Å². The zero-order valence-electron chi connectivity index (χ0n) is 9.90. The van der Waals surface area contributed by atoms with E-state index in [1.807, 2.05) is 12.1 Å². The smallest absolute Gasteiger partial charge is 0.292 e. The van der Waals surface area contributed by atoms with Crippen molar-refractivity contribution in [3.05, 3.63) is 35.6 Å². The van der Waals surface area contributed by atoms with Crippen LogP contribution in [0.25, 0.3) is 0 Å². The van der Waals surface area contributed by atoms with Crippen LogP contribution in [0.3, 0.4) is 0 Å². The number of ether oxygens (including phenoxy) is 2. The van der Waals surface area contributed by atoms with E-state index < -0.39 is 0 Å². The number of benzene rings is 1. The Morgan fingerprint density at radius 2 is 1.82 bits per heavy atom. The summed E-state index contributed by atoms with van der Waals surface area (Å²) in [4.78, 5) is 8.95. The van der Waals surface area contributed by atoms with Crippen molar-refractivity contribution in [1.82, 2.24) is 0 Å². The summed E-state index contributed by atoms with van der Waals surface area (Å²) >= 11 is 0. The summed E-state index contributed by atoms with van der Waals surface area (Å²) in [5.41, 5.74) is 1.24. The molecule has 2 rings (SSSR count). The summed E-state index contributed by atoms with van der Waals surface area (Å²) in [5.74, 6) is 0.408. The van der Waals surface area contributed by atoms with Crippen molar-refractivity contribution in [3.8, 4) is 0 Å². The fraction of sp³-hybridized carbons (Fsp3) is 0.462. The summed E-state index contributed by atoms with van der Waals surface area (Å²) < 4.78 is 21.8. The van der Waals surface area contributed by atoms with Crippen LogP contribution in [0.2, 0.25) is 0 Å². The molecule has 0 unspecified atom stereocenters. The lowest BCUT2D eigenvalue weighted by Gasteiger charge is -2.22. The first-order valence-corrected chi connectivity index (χ1v) is 5.57. The van der Waals surface area contributed by atoms with Crippen molar-refractivity contribution in [1.29, 1.82) is 0 Å². The summed E-state index contributed by atoms with van der Waals surface area (Å²) in [6.45, 7) is 2.05. The Balaban J connectivity index is 0.000000317. The molecule has 17 heavy (non-hydrogen) atoms. The summed E-state index contributed by atoms with van der Waals surface area (Å²) in [5, 5.41) is 0. The molecule has 1 fully saturated rings. The van der Waals surface area contributed by atoms with Gasteiger partial charge in [-0.05, 0) is 36.5 Å². The van der Waals surface area contributed by atoms with E-state index in [1.165, 1.54) is 24.8 Å². The molecule has 0 aliphatic carbocycles. The van der Waals surface area contributed by atoms with Gasteiger partial charge in [-0.1, -0.05) is 12.1 Å². The third-order valence-electron chi connectivity index (χ3n) is 2.66. The highest BCUT2D eigenvalue weighted by Gasteiger charge is 2.15. The van der Waals surface area contributed by atoms with Gasteiger partial charge in [0, 0.05) is 13.2 Å². The van der Waals surface area contributed by atoms with Crippen molar-refractivity contribution in [2.24, 2.45) is 0 Å². The van der Waals surface area contributed by atoms with Gasteiger partial charge < -0.3 is 9.47 Å². The van der Waals surface area contributed by atoms with Gasteiger partial charge in [0.05, 0.1) is 7.11 Å². The van der Waals surface area contributed by atoms with Crippen LogP contribution in [-0.4, -0.2) is 26.8 Å². The van der Waals surface area contributed by atoms with Crippen LogP contribution in [0.1, 0.15) is 24.3 Å². The van der Waals surface area contributed by atoms with Gasteiger partial charge >= 0.3 is 0 Å². The van der Waals surface area contributed by atoms with E-state index in [9.17, 15) is 4.39 Å². The molecular formula is C13H17FO3. The first-order valence-electron chi connectivity index (χ1n) is 5.57. The molecule has 1 heterocycles. The van der Waals surface area contributed by atoms with Crippen LogP contribution in [0.4, 0.5) is 4.39 Å². The number of halogens is 1. The maximum Gasteiger partial charge on any atom is 0.292 e. The second kappa shape index (κ2) is 7.79. The zero-order valence-corrected chi connectivity index (χ0v) is 9.90. The highest BCUT2D eigenvalue weighted by molar-refractivity contribution is 5.36. The summed E-state index contributed by atoms with van der Waals surface area (Å²) in [7, 11) is 1.31. The normalized spacial score (nSPS) is 15.6. The number of hydrogen-bond acceptors (Lipinski definition) is 3. The average molecular weight is 240 g/mol. The molecule has 0 radical (unpaired) electrons. The average Bonchev–Trinajstić information content (AvgIpc) is 2.41. The highest BCUT2D eigenvalue weighted by atomic mass is 19.1. The van der Waals surface area contributed by atoms with Gasteiger partial charge in [-0.15, -0.1) is 0 Å². The van der Waals surface area contributed by atoms with Crippen molar-refractivity contribution in [3.63, 3.8) is 0 Å². The van der Waals surface area contributed by atoms with Crippen molar-refractivity contribution in [2.75, 3.05) is 20.3 Å². The topological polar surface area (TPSA) is 35.5 Å². The molecule has 1 aliphatic heterocycles. The van der Waals surface area contributed by atoms with Crippen LogP contribution in [0.5, 0.6) is 0 Å². The Morgan fingerprint density at radius 1 is 1.29 bits per heavy atom. The first kappa shape index (κ1) is 13.6. The predicted molar refractivity (Wildman–Crippen MR) is 62.3 cm³/mol. The maximum absolute atomic E-state index is 12.6. The standard InChI is InChI=1S/C11H13FO.C2H4O2/c12-11-3-1-9(2-4-11)10-5-7-13-8-6-10;1-4-2-3/h1-4,10H,5-8H2;2H,1H3. The molecule has 0 spiro atoms. The molecular weight excluding hydrogens is 223 g/mol. The van der Waals surface area contributed by atoms with E-state index in [1.54, 1.807) is 0 Å². The van der Waals surface area contributed by atoms with Gasteiger partial charge in [-0.2, -0.15) is 0 Å². The van der Waals surface area contributed by atoms with Crippen LogP contribution < -0.4 is 0 Å². The van der Waals surface area contributed by atoms with Gasteiger partial charge in [0.15, 0.2) is 0 Å². The van der Waals surface area contributed by atoms with E-state index in [0.29, 0.717) is 12.4 Å². The van der Waals surface area contributed by atoms with Crippen molar-refractivity contribution < 1.29 is 18.7 Å². The molecule has 1 saturated heterocycles. The Hall–Kier alpha value is -1.42. The number of hydrogen-bond donors (Lipinski definition) is 0. The molecule has 1 aromatic rings. The third-order valence-corrected chi connectivity index (χ3v) is 2.66. The number of carbonyl (C=O) groups excluding carboxylic acids is 1. The van der Waals surface area contributed by atoms with Crippen LogP contribution >= 0.6 is 0 Å². The molecule has 0 amide bonds. The van der Waals surface area contributed by atoms with E-state index in [2.05, 4.69) is 4.74 Å². The highest BCUT2D eigenvalue weighted by Crippen LogP contribution is 2.26. The molecule has 0 aromatic heterocycles. The fourth-order valence-electron chi connectivity index (χ4n) is 1.77. The number of methoxy groups -OCH3 is 1. The molecule has 0 bridgehead atoms. The minimum Gasteiger partial charge on any atom is -0.471 e. The van der Waals surface area contributed by atoms with Crippen molar-refractivity contribution in [2.45, 2.75) is 18.8 Å². The molecule has 1 aliphatic rings. The Bertz CT molecular complexity index is 318. The second-order valence-corrected chi connectivity index (χ2v) is 3.77. The van der Waals surface area contributed by atoms with Crippen LogP contribution in [-0.2, 0) is 14.3 Å². The minimum absolute atomic E-state index is 0.157. The molecule has 0 saturated carbocycles. The van der Waals surface area contributed by atoms with Gasteiger partial charge in [0.2, 0.25) is 0 Å². The summed E-state index contributed by atoms with van der Waals surface area (Å²) in [6, 6.07) is 6.83. The maximum atomic E-state index is 12.6. The lowest BCUT2D eigenvalue weighted by molar-refractivity contribution is -0.126. The van der Waals surface area contributed by atoms with Gasteiger partial charge in [0.25, 0.3) is 6.47 Å². The largest absolute Gasteiger partial charge is 0.471 e. The van der Waals surface area contributed by atoms with Crippen molar-refractivity contribution >= 4 is 6.47 Å². The first-order chi connectivity index (χ1) is 8.27. The lowest BCUT2D eigenvalue weighted by Crippen LogP contribution is -2.13. The number of rotatable bonds is 2. The molecule has 1 aromatic carbocycles. The quantitative estimate of drug-likeness (QED) is 0.745. The Labute approximate surface area is 101 Å². The van der Waals surface area contributed by atoms with Crippen LogP contribution in [0, 0.1) is 5.82 Å². The zero-order chi connectivity index (χ0) is 12.5. The van der Waals surface area contributed by atoms with Crippen LogP contribution in [0.15, 0.2) is 24.3 Å². The van der Waals surface area contributed by atoms with E-state index in [0.717, 1.165) is 26.1 Å². The minimum atomic E-state index is -0.157. The van der Waals surface area contributed by atoms with E-state index in [-0.39, 0.29) is 5.82 Å². The SMILES string of the molecule is COC=O.Fc1ccc(C2CCOCC2)cc1. The Morgan fingerprint density at radius 3 is 2.29 bits per heavy atom. The molecule has 3 nitrogen and oxygen atoms in total. The number of carbonyl (C=O) groups is 1. The molecule has 0 atom stereocenters. The monoisotopic (exact) mass is 240 g/mol. The molecule has 94 valence electrons. The Kier molecular flexibility index (Phi) is 6.25. The fourth-order valence-corrected chi connectivity index (χ4v) is 1.77. The van der Waals surface area contributed by atoms with E-state index >= 15 is 0 Å². The molecule has 0 N–H and O–H groups in total.